The van der Waals surface area contributed by atoms with Crippen molar-refractivity contribution in [3.63, 3.8) is 0 Å². The maximum Gasteiger partial charge on any atom is 0.0454 e. The largest absolute Gasteiger partial charge is 0.361 e. The maximum atomic E-state index is 3.76. The summed E-state index contributed by atoms with van der Waals surface area (Å²) in [6.45, 7) is 7.79. The highest BCUT2D eigenvalue weighted by Crippen LogP contribution is 2.18. The number of aromatic nitrogens is 1. The number of hydrogen-bond acceptors (Lipinski definition) is 0. The van der Waals surface area contributed by atoms with Gasteiger partial charge in [-0.1, -0.05) is 30.9 Å². The molecule has 0 bridgehead atoms. The van der Waals surface area contributed by atoms with Gasteiger partial charge in [0.15, 0.2) is 0 Å². The summed E-state index contributed by atoms with van der Waals surface area (Å²) >= 11 is 0. The predicted molar refractivity (Wildman–Crippen MR) is 60.3 cm³/mol. The second kappa shape index (κ2) is 4.51. The second-order valence-corrected chi connectivity index (χ2v) is 2.78. The lowest BCUT2D eigenvalue weighted by atomic mass is 10.1. The molecule has 1 aromatic rings. The van der Waals surface area contributed by atoms with E-state index in [-0.39, 0.29) is 0 Å². The Labute approximate surface area is 79.5 Å². The molecule has 1 N–H and O–H groups in total. The third kappa shape index (κ3) is 2.00. The van der Waals surface area contributed by atoms with Crippen molar-refractivity contribution in [1.29, 1.82) is 0 Å². The van der Waals surface area contributed by atoms with E-state index in [2.05, 4.69) is 23.7 Å². The molecule has 13 heavy (non-hydrogen) atoms. The van der Waals surface area contributed by atoms with Gasteiger partial charge in [-0.15, -0.1) is 0 Å². The van der Waals surface area contributed by atoms with E-state index in [9.17, 15) is 0 Å². The van der Waals surface area contributed by atoms with Gasteiger partial charge in [0.2, 0.25) is 0 Å². The number of nitrogens with one attached hydrogen (secondary N) is 1. The van der Waals surface area contributed by atoms with Crippen LogP contribution in [0.5, 0.6) is 0 Å². The Hall–Kier alpha value is -1.50. The summed E-state index contributed by atoms with van der Waals surface area (Å²) in [5.74, 6) is 0. The molecule has 0 aliphatic heterocycles. The van der Waals surface area contributed by atoms with Crippen molar-refractivity contribution in [1.82, 2.24) is 4.98 Å². The summed E-state index contributed by atoms with van der Waals surface area (Å²) in [4.78, 5) is 3.17. The lowest BCUT2D eigenvalue weighted by Gasteiger charge is -1.93. The van der Waals surface area contributed by atoms with Crippen molar-refractivity contribution >= 4 is 18.2 Å². The maximum absolute atomic E-state index is 3.76. The molecule has 0 saturated heterocycles. The smallest absolute Gasteiger partial charge is 0.0454 e. The van der Waals surface area contributed by atoms with E-state index >= 15 is 0 Å². The van der Waals surface area contributed by atoms with Crippen LogP contribution in [-0.4, -0.2) is 4.98 Å². The van der Waals surface area contributed by atoms with Crippen LogP contribution in [0.4, 0.5) is 0 Å². The minimum Gasteiger partial charge on any atom is -0.361 e. The van der Waals surface area contributed by atoms with Crippen LogP contribution in [0.15, 0.2) is 24.9 Å². The summed E-state index contributed by atoms with van der Waals surface area (Å²) < 4.78 is 0. The van der Waals surface area contributed by atoms with Gasteiger partial charge in [0.05, 0.1) is 0 Å². The Morgan fingerprint density at radius 3 is 2.46 bits per heavy atom. The number of hydrogen-bond donors (Lipinski definition) is 1. The van der Waals surface area contributed by atoms with Crippen LogP contribution in [0.25, 0.3) is 18.2 Å². The van der Waals surface area contributed by atoms with E-state index in [0.717, 1.165) is 5.69 Å². The van der Waals surface area contributed by atoms with Crippen LogP contribution in [-0.2, 0) is 0 Å². The molecule has 1 aromatic heterocycles. The molecule has 0 atom stereocenters. The zero-order valence-corrected chi connectivity index (χ0v) is 8.17. The molecule has 0 saturated carbocycles. The van der Waals surface area contributed by atoms with E-state index in [0.29, 0.717) is 0 Å². The number of allylic oxidation sites excluding steroid dienone is 2. The number of rotatable bonds is 3. The van der Waals surface area contributed by atoms with Crippen molar-refractivity contribution in [3.8, 4) is 0 Å². The van der Waals surface area contributed by atoms with Crippen molar-refractivity contribution in [2.45, 2.75) is 13.8 Å². The normalized spacial score (nSPS) is 11.5. The zero-order chi connectivity index (χ0) is 9.68. The summed E-state index contributed by atoms with van der Waals surface area (Å²) in [5, 5.41) is 0. The fourth-order valence-corrected chi connectivity index (χ4v) is 1.31. The van der Waals surface area contributed by atoms with Crippen molar-refractivity contribution < 1.29 is 0 Å². The summed E-state index contributed by atoms with van der Waals surface area (Å²) in [6, 6.07) is 0. The third-order valence-corrected chi connectivity index (χ3v) is 1.87. The van der Waals surface area contributed by atoms with E-state index < -0.39 is 0 Å². The van der Waals surface area contributed by atoms with Crippen LogP contribution in [0.2, 0.25) is 0 Å². The summed E-state index contributed by atoms with van der Waals surface area (Å²) in [5.41, 5.74) is 3.48. The molecule has 0 fully saturated rings. The molecule has 0 unspecified atom stereocenters. The van der Waals surface area contributed by atoms with Crippen LogP contribution < -0.4 is 0 Å². The highest BCUT2D eigenvalue weighted by molar-refractivity contribution is 5.72. The third-order valence-electron chi connectivity index (χ3n) is 1.87. The van der Waals surface area contributed by atoms with Gasteiger partial charge in [0.1, 0.15) is 0 Å². The van der Waals surface area contributed by atoms with Gasteiger partial charge in [-0.3, -0.25) is 0 Å². The van der Waals surface area contributed by atoms with E-state index in [1.807, 2.05) is 38.3 Å². The Balaban J connectivity index is 3.20. The standard InChI is InChI=1S/C12H15N/c1-4-7-10-9-13-12(6-3)11(10)8-5-2/h4-9,13H,3H2,1-2H3/b7-4+,8-5-. The lowest BCUT2D eigenvalue weighted by molar-refractivity contribution is 1.37. The van der Waals surface area contributed by atoms with Gasteiger partial charge < -0.3 is 4.98 Å². The Kier molecular flexibility index (Phi) is 3.32. The molecule has 0 aliphatic rings. The average Bonchev–Trinajstić information content (AvgIpc) is 2.50. The van der Waals surface area contributed by atoms with Crippen molar-refractivity contribution in [2.24, 2.45) is 0 Å². The van der Waals surface area contributed by atoms with E-state index in [1.54, 1.807) is 0 Å². The SMILES string of the molecule is C=Cc1[nH]cc(/C=C/C)c1/C=C\C. The minimum absolute atomic E-state index is 1.08. The second-order valence-electron chi connectivity index (χ2n) is 2.78. The van der Waals surface area contributed by atoms with E-state index in [1.165, 1.54) is 11.1 Å². The molecule has 1 rings (SSSR count). The molecule has 0 aliphatic carbocycles. The van der Waals surface area contributed by atoms with Crippen LogP contribution in [0, 0.1) is 0 Å². The first-order valence-corrected chi connectivity index (χ1v) is 4.42. The Morgan fingerprint density at radius 2 is 1.92 bits per heavy atom. The average molecular weight is 173 g/mol. The molecule has 0 aromatic carbocycles. The first-order chi connectivity index (χ1) is 6.33. The summed E-state index contributed by atoms with van der Waals surface area (Å²) in [6.07, 6.45) is 12.1. The fraction of sp³-hybridized carbons (Fsp3) is 0.167. The van der Waals surface area contributed by atoms with Crippen LogP contribution in [0.1, 0.15) is 30.7 Å². The van der Waals surface area contributed by atoms with Gasteiger partial charge in [-0.05, 0) is 25.5 Å². The molecular formula is C12H15N. The zero-order valence-electron chi connectivity index (χ0n) is 8.17. The molecule has 1 heterocycles. The predicted octanol–water partition coefficient (Wildman–Crippen LogP) is 3.72. The number of aromatic amines is 1. The topological polar surface area (TPSA) is 15.8 Å². The van der Waals surface area contributed by atoms with Gasteiger partial charge in [-0.25, -0.2) is 0 Å². The Morgan fingerprint density at radius 1 is 1.23 bits per heavy atom. The molecular weight excluding hydrogens is 158 g/mol. The molecule has 0 radical (unpaired) electrons. The van der Waals surface area contributed by atoms with Gasteiger partial charge >= 0.3 is 0 Å². The van der Waals surface area contributed by atoms with E-state index in [4.69, 9.17) is 0 Å². The molecule has 1 heteroatoms. The molecule has 68 valence electrons. The first kappa shape index (κ1) is 9.59. The van der Waals surface area contributed by atoms with Gasteiger partial charge in [-0.2, -0.15) is 0 Å². The summed E-state index contributed by atoms with van der Waals surface area (Å²) in [7, 11) is 0. The first-order valence-electron chi connectivity index (χ1n) is 4.42. The highest BCUT2D eigenvalue weighted by atomic mass is 14.7. The van der Waals surface area contributed by atoms with Crippen LogP contribution >= 0.6 is 0 Å². The molecule has 1 nitrogen and oxygen atoms in total. The monoisotopic (exact) mass is 173 g/mol. The van der Waals surface area contributed by atoms with Gasteiger partial charge in [0, 0.05) is 17.5 Å². The molecule has 0 amide bonds. The quantitative estimate of drug-likeness (QED) is 0.717. The number of H-pyrrole nitrogens is 1. The van der Waals surface area contributed by atoms with Gasteiger partial charge in [0.25, 0.3) is 0 Å². The van der Waals surface area contributed by atoms with Crippen LogP contribution in [0.3, 0.4) is 0 Å². The van der Waals surface area contributed by atoms with Crippen molar-refractivity contribution in [3.05, 3.63) is 41.7 Å². The molecule has 0 spiro atoms. The van der Waals surface area contributed by atoms with Crippen molar-refractivity contribution in [2.75, 3.05) is 0 Å². The highest BCUT2D eigenvalue weighted by Gasteiger charge is 2.01. The minimum atomic E-state index is 1.08. The lowest BCUT2D eigenvalue weighted by Crippen LogP contribution is -1.76. The Bertz CT molecular complexity index is 340. The fourth-order valence-electron chi connectivity index (χ4n) is 1.31.